The van der Waals surface area contributed by atoms with E-state index in [0.29, 0.717) is 12.8 Å². The number of carbonyl (C=O) groups is 2. The largest absolute Gasteiger partial charge is 0.480 e. The first-order valence-corrected chi connectivity index (χ1v) is 15.7. The molecule has 5 atom stereocenters. The van der Waals surface area contributed by atoms with Crippen molar-refractivity contribution in [1.29, 1.82) is 0 Å². The Morgan fingerprint density at radius 1 is 0.590 bits per heavy atom. The van der Waals surface area contributed by atoms with Crippen molar-refractivity contribution >= 4 is 11.9 Å². The third-order valence-electron chi connectivity index (χ3n) is 8.08. The number of rotatable bonds is 6. The highest BCUT2D eigenvalue weighted by Crippen LogP contribution is 2.19. The molecule has 1 aliphatic rings. The molecule has 9 nitrogen and oxygen atoms in total. The molecule has 1 heterocycles. The Kier molecular flexibility index (Phi) is 20.6. The molecular formula is C30H57NO8. The van der Waals surface area contributed by atoms with Gasteiger partial charge >= 0.3 is 5.97 Å². The van der Waals surface area contributed by atoms with Crippen LogP contribution in [0.1, 0.15) is 135 Å². The lowest BCUT2D eigenvalue weighted by molar-refractivity contribution is -0.165. The van der Waals surface area contributed by atoms with Crippen LogP contribution in [0.3, 0.4) is 0 Å². The van der Waals surface area contributed by atoms with Crippen molar-refractivity contribution in [2.75, 3.05) is 13.2 Å². The van der Waals surface area contributed by atoms with Crippen molar-refractivity contribution in [2.45, 2.75) is 165 Å². The van der Waals surface area contributed by atoms with Crippen LogP contribution in [0.4, 0.5) is 0 Å². The first-order chi connectivity index (χ1) is 18.8. The second-order valence-corrected chi connectivity index (χ2v) is 11.4. The summed E-state index contributed by atoms with van der Waals surface area (Å²) in [5.74, 6) is -2.15. The molecule has 1 rings (SSSR count). The highest BCUT2D eigenvalue weighted by molar-refractivity contribution is 5.86. The number of carbonyl (C=O) groups excluding carboxylic acids is 1. The predicted molar refractivity (Wildman–Crippen MR) is 151 cm³/mol. The number of aliphatic carboxylic acids is 1. The van der Waals surface area contributed by atoms with E-state index in [-0.39, 0.29) is 13.0 Å². The molecule has 230 valence electrons. The van der Waals surface area contributed by atoms with Crippen molar-refractivity contribution in [3.63, 3.8) is 0 Å². The van der Waals surface area contributed by atoms with Crippen LogP contribution in [-0.2, 0) is 9.59 Å². The molecule has 39 heavy (non-hydrogen) atoms. The van der Waals surface area contributed by atoms with E-state index in [1.165, 1.54) is 70.6 Å². The van der Waals surface area contributed by atoms with Crippen LogP contribution < -0.4 is 0 Å². The van der Waals surface area contributed by atoms with Crippen molar-refractivity contribution in [2.24, 2.45) is 0 Å². The quantitative estimate of drug-likeness (QED) is 0.286. The number of hydrogen-bond donors (Lipinski definition) is 6. The van der Waals surface area contributed by atoms with Crippen LogP contribution in [0.15, 0.2) is 0 Å². The summed E-state index contributed by atoms with van der Waals surface area (Å²) >= 11 is 0. The second-order valence-electron chi connectivity index (χ2n) is 11.4. The Morgan fingerprint density at radius 3 is 1.31 bits per heavy atom. The van der Waals surface area contributed by atoms with Gasteiger partial charge in [-0.1, -0.05) is 122 Å². The summed E-state index contributed by atoms with van der Waals surface area (Å²) in [4.78, 5) is 26.5. The second kappa shape index (κ2) is 22.4. The number of hydrogen-bond acceptors (Lipinski definition) is 7. The minimum Gasteiger partial charge on any atom is -0.480 e. The molecular weight excluding hydrogens is 502 g/mol. The molecule has 1 fully saturated rings. The van der Waals surface area contributed by atoms with Gasteiger partial charge in [0.25, 0.3) is 5.91 Å². The van der Waals surface area contributed by atoms with Crippen molar-refractivity contribution in [3.05, 3.63) is 0 Å². The molecule has 1 amide bonds. The summed E-state index contributed by atoms with van der Waals surface area (Å²) in [5.41, 5.74) is 0. The maximum absolute atomic E-state index is 13.2. The van der Waals surface area contributed by atoms with Gasteiger partial charge in [-0.05, 0) is 12.8 Å². The number of carboxylic acid groups (broad SMARTS) is 1. The summed E-state index contributed by atoms with van der Waals surface area (Å²) in [7, 11) is 0. The van der Waals surface area contributed by atoms with Crippen LogP contribution in [0.5, 0.6) is 0 Å². The number of amides is 1. The van der Waals surface area contributed by atoms with Gasteiger partial charge in [0.2, 0.25) is 0 Å². The number of aliphatic hydroxyl groups excluding tert-OH is 5. The smallest absolute Gasteiger partial charge is 0.326 e. The van der Waals surface area contributed by atoms with Gasteiger partial charge in [0.05, 0.1) is 6.61 Å². The van der Waals surface area contributed by atoms with Gasteiger partial charge in [0, 0.05) is 6.54 Å². The van der Waals surface area contributed by atoms with E-state index in [1.807, 2.05) is 0 Å². The normalized spacial score (nSPS) is 24.5. The molecule has 1 unspecified atom stereocenters. The van der Waals surface area contributed by atoms with Gasteiger partial charge in [-0.25, -0.2) is 4.79 Å². The lowest BCUT2D eigenvalue weighted by Crippen LogP contribution is -2.56. The summed E-state index contributed by atoms with van der Waals surface area (Å²) in [6.45, 7) is -0.737. The van der Waals surface area contributed by atoms with Crippen LogP contribution in [0.2, 0.25) is 0 Å². The molecule has 1 aliphatic heterocycles. The van der Waals surface area contributed by atoms with Crippen LogP contribution >= 0.6 is 0 Å². The maximum Gasteiger partial charge on any atom is 0.326 e. The van der Waals surface area contributed by atoms with E-state index in [1.54, 1.807) is 0 Å². The minimum absolute atomic E-state index is 0.123. The number of carboxylic acids is 1. The summed E-state index contributed by atoms with van der Waals surface area (Å²) in [5, 5.41) is 59.3. The van der Waals surface area contributed by atoms with Gasteiger partial charge in [-0.15, -0.1) is 0 Å². The van der Waals surface area contributed by atoms with Gasteiger partial charge in [-0.3, -0.25) is 4.79 Å². The number of aliphatic hydroxyl groups is 5. The predicted octanol–water partition coefficient (Wildman–Crippen LogP) is 3.91. The fraction of sp³-hybridized carbons (Fsp3) is 0.933. The highest BCUT2D eigenvalue weighted by atomic mass is 16.4. The van der Waals surface area contributed by atoms with Crippen LogP contribution in [0, 0.1) is 0 Å². The molecule has 6 N–H and O–H groups in total. The number of nitrogens with zero attached hydrogens (tertiary/aromatic N) is 1. The van der Waals surface area contributed by atoms with Crippen molar-refractivity contribution < 1.29 is 40.2 Å². The Bertz CT molecular complexity index is 634. The molecule has 0 saturated carbocycles. The van der Waals surface area contributed by atoms with E-state index in [9.17, 15) is 35.1 Å². The van der Waals surface area contributed by atoms with Crippen LogP contribution in [0.25, 0.3) is 0 Å². The monoisotopic (exact) mass is 559 g/mol. The standard InChI is InChI=1S/C30H57NO8/c32-23-25(33)26(34)27(35)28(36)29(37)31-22-20-18-16-14-12-10-8-6-4-2-1-3-5-7-9-11-13-15-17-19-21-24(31)30(38)39/h24-28,32-36H,1-23H2,(H,38,39)/t24?,25-,26-,27+,28-/m1/s1. The van der Waals surface area contributed by atoms with Crippen molar-refractivity contribution in [1.82, 2.24) is 4.90 Å². The lowest BCUT2D eigenvalue weighted by atomic mass is 9.99. The minimum atomic E-state index is -2.12. The topological polar surface area (TPSA) is 159 Å². The Hall–Kier alpha value is -1.26. The molecule has 1 saturated heterocycles. The summed E-state index contributed by atoms with van der Waals surface area (Å²) in [6.07, 6.45) is 14.7. The maximum atomic E-state index is 13.2. The van der Waals surface area contributed by atoms with Crippen molar-refractivity contribution in [3.8, 4) is 0 Å². The fourth-order valence-corrected chi connectivity index (χ4v) is 5.47. The Morgan fingerprint density at radius 2 is 0.949 bits per heavy atom. The Labute approximate surface area is 235 Å². The van der Waals surface area contributed by atoms with E-state index in [4.69, 9.17) is 5.11 Å². The molecule has 0 aliphatic carbocycles. The van der Waals surface area contributed by atoms with E-state index in [0.717, 1.165) is 49.8 Å². The zero-order valence-electron chi connectivity index (χ0n) is 24.1. The zero-order valence-corrected chi connectivity index (χ0v) is 24.1. The first kappa shape index (κ1) is 35.8. The van der Waals surface area contributed by atoms with Gasteiger partial charge in [0.15, 0.2) is 6.10 Å². The average Bonchev–Trinajstić information content (AvgIpc) is 2.93. The molecule has 9 heteroatoms. The molecule has 0 aromatic carbocycles. The molecule has 0 spiro atoms. The third-order valence-corrected chi connectivity index (χ3v) is 8.08. The molecule has 0 bridgehead atoms. The van der Waals surface area contributed by atoms with Gasteiger partial charge in [0.1, 0.15) is 24.4 Å². The molecule has 0 radical (unpaired) electrons. The SMILES string of the molecule is O=C(O)C1CCCCCCCCCCCCCCCCCCCCCCN1C(=O)[C@H](O)[C@@H](O)[C@H](O)[C@H](O)CO. The van der Waals surface area contributed by atoms with Gasteiger partial charge < -0.3 is 35.5 Å². The molecule has 0 aromatic rings. The first-order valence-electron chi connectivity index (χ1n) is 15.7. The fourth-order valence-electron chi connectivity index (χ4n) is 5.47. The summed E-state index contributed by atoms with van der Waals surface area (Å²) in [6, 6.07) is -1.15. The van der Waals surface area contributed by atoms with Gasteiger partial charge in [-0.2, -0.15) is 0 Å². The summed E-state index contributed by atoms with van der Waals surface area (Å²) < 4.78 is 0. The third kappa shape index (κ3) is 15.4. The zero-order chi connectivity index (χ0) is 28.9. The van der Waals surface area contributed by atoms with E-state index < -0.39 is 48.9 Å². The van der Waals surface area contributed by atoms with E-state index in [2.05, 4.69) is 0 Å². The average molecular weight is 560 g/mol. The highest BCUT2D eigenvalue weighted by Gasteiger charge is 2.39. The lowest BCUT2D eigenvalue weighted by Gasteiger charge is -2.33. The Balaban J connectivity index is 2.81. The molecule has 0 aromatic heterocycles. The van der Waals surface area contributed by atoms with Crippen LogP contribution in [-0.4, -0.2) is 91.0 Å². The van der Waals surface area contributed by atoms with E-state index >= 15 is 0 Å².